The highest BCUT2D eigenvalue weighted by atomic mass is 32.2. The topological polar surface area (TPSA) is 42.2 Å². The van der Waals surface area contributed by atoms with E-state index in [2.05, 4.69) is 38.1 Å². The average Bonchev–Trinajstić information content (AvgIpc) is 2.69. The Labute approximate surface area is 120 Å². The Balaban J connectivity index is 2.16. The van der Waals surface area contributed by atoms with E-state index in [-0.39, 0.29) is 5.41 Å². The van der Waals surface area contributed by atoms with Crippen LogP contribution in [0.1, 0.15) is 39.8 Å². The van der Waals surface area contributed by atoms with Crippen LogP contribution in [-0.2, 0) is 13.5 Å². The van der Waals surface area contributed by atoms with E-state index in [1.807, 2.05) is 29.7 Å². The molecule has 1 aromatic heterocycles. The van der Waals surface area contributed by atoms with Crippen molar-refractivity contribution in [3.8, 4) is 0 Å². The molecule has 19 heavy (non-hydrogen) atoms. The Kier molecular flexibility index (Phi) is 4.23. The zero-order chi connectivity index (χ0) is 14.0. The molecular weight excluding hydrogens is 256 g/mol. The highest BCUT2D eigenvalue weighted by Crippen LogP contribution is 2.31. The van der Waals surface area contributed by atoms with Gasteiger partial charge < -0.3 is 5.32 Å². The summed E-state index contributed by atoms with van der Waals surface area (Å²) in [5, 5.41) is 8.94. The second kappa shape index (κ2) is 5.57. The molecule has 2 heterocycles. The first-order valence-electron chi connectivity index (χ1n) is 6.90. The van der Waals surface area contributed by atoms with Crippen LogP contribution >= 0.6 is 11.8 Å². The Morgan fingerprint density at radius 2 is 2.21 bits per heavy atom. The molecule has 1 atom stereocenters. The molecule has 1 aromatic rings. The summed E-state index contributed by atoms with van der Waals surface area (Å²) in [6.07, 6.45) is 4.12. The SMILES string of the molecule is CCc1nn(C)cc1NC1=NC(C(C)(C)C)CCS1. The molecule has 0 aromatic carbocycles. The second-order valence-electron chi connectivity index (χ2n) is 6.09. The summed E-state index contributed by atoms with van der Waals surface area (Å²) < 4.78 is 1.86. The van der Waals surface area contributed by atoms with Gasteiger partial charge in [-0.1, -0.05) is 39.5 Å². The van der Waals surface area contributed by atoms with Crippen LogP contribution in [0.2, 0.25) is 0 Å². The Morgan fingerprint density at radius 1 is 1.47 bits per heavy atom. The van der Waals surface area contributed by atoms with Crippen LogP contribution in [0.3, 0.4) is 0 Å². The largest absolute Gasteiger partial charge is 0.332 e. The summed E-state index contributed by atoms with van der Waals surface area (Å²) >= 11 is 1.81. The van der Waals surface area contributed by atoms with Gasteiger partial charge in [0, 0.05) is 19.0 Å². The van der Waals surface area contributed by atoms with Gasteiger partial charge in [-0.3, -0.25) is 9.67 Å². The zero-order valence-corrected chi connectivity index (χ0v) is 13.3. The Hall–Kier alpha value is -0.970. The molecule has 2 rings (SSSR count). The molecule has 106 valence electrons. The molecule has 5 heteroatoms. The molecule has 1 aliphatic rings. The summed E-state index contributed by atoms with van der Waals surface area (Å²) in [5.74, 6) is 1.13. The molecule has 0 saturated carbocycles. The van der Waals surface area contributed by atoms with Crippen LogP contribution < -0.4 is 5.32 Å². The van der Waals surface area contributed by atoms with Gasteiger partial charge in [0.15, 0.2) is 5.17 Å². The molecule has 0 bridgehead atoms. The van der Waals surface area contributed by atoms with Gasteiger partial charge in [-0.2, -0.15) is 5.10 Å². The lowest BCUT2D eigenvalue weighted by atomic mass is 9.85. The minimum Gasteiger partial charge on any atom is -0.332 e. The first kappa shape index (κ1) is 14.4. The molecule has 1 aliphatic heterocycles. The minimum atomic E-state index is 0.233. The smallest absolute Gasteiger partial charge is 0.161 e. The third-order valence-electron chi connectivity index (χ3n) is 3.38. The highest BCUT2D eigenvalue weighted by Gasteiger charge is 2.27. The predicted molar refractivity (Wildman–Crippen MR) is 84.0 cm³/mol. The van der Waals surface area contributed by atoms with E-state index in [9.17, 15) is 0 Å². The van der Waals surface area contributed by atoms with Crippen LogP contribution in [0.15, 0.2) is 11.2 Å². The molecule has 0 amide bonds. The number of amidine groups is 1. The van der Waals surface area contributed by atoms with Crippen molar-refractivity contribution in [3.63, 3.8) is 0 Å². The molecule has 4 nitrogen and oxygen atoms in total. The van der Waals surface area contributed by atoms with Crippen molar-refractivity contribution in [2.24, 2.45) is 17.5 Å². The molecule has 1 unspecified atom stereocenters. The summed E-state index contributed by atoms with van der Waals surface area (Å²) in [4.78, 5) is 4.86. The van der Waals surface area contributed by atoms with Gasteiger partial charge in [-0.25, -0.2) is 0 Å². The quantitative estimate of drug-likeness (QED) is 0.904. The lowest BCUT2D eigenvalue weighted by Gasteiger charge is -2.31. The number of hydrogen-bond donors (Lipinski definition) is 1. The van der Waals surface area contributed by atoms with E-state index in [4.69, 9.17) is 4.99 Å². The standard InChI is InChI=1S/C14H24N4S/c1-6-10-11(9-18(5)17-10)15-13-16-12(7-8-19-13)14(2,3)4/h9,12H,6-8H2,1-5H3,(H,15,16). The first-order valence-corrected chi connectivity index (χ1v) is 7.89. The van der Waals surface area contributed by atoms with Gasteiger partial charge in [0.2, 0.25) is 0 Å². The van der Waals surface area contributed by atoms with E-state index in [0.29, 0.717) is 6.04 Å². The minimum absolute atomic E-state index is 0.233. The van der Waals surface area contributed by atoms with Gasteiger partial charge in [0.05, 0.1) is 17.4 Å². The van der Waals surface area contributed by atoms with Gasteiger partial charge in [-0.05, 0) is 18.3 Å². The molecule has 0 fully saturated rings. The van der Waals surface area contributed by atoms with Gasteiger partial charge >= 0.3 is 0 Å². The number of aromatic nitrogens is 2. The van der Waals surface area contributed by atoms with Crippen LogP contribution in [0.5, 0.6) is 0 Å². The number of aliphatic imine (C=N–C) groups is 1. The zero-order valence-electron chi connectivity index (χ0n) is 12.5. The van der Waals surface area contributed by atoms with Crippen molar-refractivity contribution in [1.82, 2.24) is 9.78 Å². The maximum Gasteiger partial charge on any atom is 0.161 e. The maximum atomic E-state index is 4.86. The molecule has 0 radical (unpaired) electrons. The summed E-state index contributed by atoms with van der Waals surface area (Å²) in [5.41, 5.74) is 2.42. The van der Waals surface area contributed by atoms with Crippen molar-refractivity contribution < 1.29 is 0 Å². The molecular formula is C14H24N4S. The van der Waals surface area contributed by atoms with Crippen molar-refractivity contribution >= 4 is 22.6 Å². The second-order valence-corrected chi connectivity index (χ2v) is 7.18. The number of anilines is 1. The highest BCUT2D eigenvalue weighted by molar-refractivity contribution is 8.14. The van der Waals surface area contributed by atoms with Crippen molar-refractivity contribution in [1.29, 1.82) is 0 Å². The number of nitrogens with zero attached hydrogens (tertiary/aromatic N) is 3. The van der Waals surface area contributed by atoms with Crippen LogP contribution in [0.25, 0.3) is 0 Å². The van der Waals surface area contributed by atoms with Crippen LogP contribution in [-0.4, -0.2) is 26.7 Å². The number of hydrogen-bond acceptors (Lipinski definition) is 4. The number of nitrogens with one attached hydrogen (secondary N) is 1. The van der Waals surface area contributed by atoms with Gasteiger partial charge in [0.25, 0.3) is 0 Å². The number of aryl methyl sites for hydroxylation is 2. The number of rotatable bonds is 2. The lowest BCUT2D eigenvalue weighted by Crippen LogP contribution is -2.30. The lowest BCUT2D eigenvalue weighted by molar-refractivity contribution is 0.316. The monoisotopic (exact) mass is 280 g/mol. The molecule has 0 aliphatic carbocycles. The summed E-state index contributed by atoms with van der Waals surface area (Å²) in [6, 6.07) is 0.401. The molecule has 1 N–H and O–H groups in total. The third kappa shape index (κ3) is 3.53. The fourth-order valence-electron chi connectivity index (χ4n) is 2.22. The van der Waals surface area contributed by atoms with E-state index in [0.717, 1.165) is 35.1 Å². The average molecular weight is 280 g/mol. The summed E-state index contributed by atoms with van der Waals surface area (Å²) in [7, 11) is 1.96. The van der Waals surface area contributed by atoms with Crippen molar-refractivity contribution in [2.75, 3.05) is 11.1 Å². The predicted octanol–water partition coefficient (Wildman–Crippen LogP) is 3.30. The Morgan fingerprint density at radius 3 is 2.84 bits per heavy atom. The van der Waals surface area contributed by atoms with Crippen molar-refractivity contribution in [3.05, 3.63) is 11.9 Å². The van der Waals surface area contributed by atoms with Gasteiger partial charge in [0.1, 0.15) is 0 Å². The molecule has 0 saturated heterocycles. The van der Waals surface area contributed by atoms with E-state index < -0.39 is 0 Å². The normalized spacial score (nSPS) is 20.3. The van der Waals surface area contributed by atoms with Crippen molar-refractivity contribution in [2.45, 2.75) is 46.6 Å². The van der Waals surface area contributed by atoms with Crippen LogP contribution in [0.4, 0.5) is 5.69 Å². The van der Waals surface area contributed by atoms with Gasteiger partial charge in [-0.15, -0.1) is 0 Å². The molecule has 0 spiro atoms. The number of thioether (sulfide) groups is 1. The third-order valence-corrected chi connectivity index (χ3v) is 4.31. The Bertz CT molecular complexity index is 470. The fourth-order valence-corrected chi connectivity index (χ4v) is 3.14. The first-order chi connectivity index (χ1) is 8.90. The van der Waals surface area contributed by atoms with E-state index in [1.54, 1.807) is 0 Å². The fraction of sp³-hybridized carbons (Fsp3) is 0.714. The van der Waals surface area contributed by atoms with Crippen LogP contribution in [0, 0.1) is 5.41 Å². The summed E-state index contributed by atoms with van der Waals surface area (Å²) in [6.45, 7) is 8.91. The van der Waals surface area contributed by atoms with E-state index >= 15 is 0 Å². The van der Waals surface area contributed by atoms with E-state index in [1.165, 1.54) is 0 Å². The maximum absolute atomic E-state index is 4.86.